The summed E-state index contributed by atoms with van der Waals surface area (Å²) in [4.78, 5) is 11.1. The Bertz CT molecular complexity index is 154. The molecule has 1 heteroatoms. The molecule has 70 valence electrons. The van der Waals surface area contributed by atoms with Crippen LogP contribution in [0.2, 0.25) is 0 Å². The molecule has 0 spiro atoms. The van der Waals surface area contributed by atoms with Crippen molar-refractivity contribution in [2.45, 2.75) is 40.5 Å². The van der Waals surface area contributed by atoms with E-state index in [1.807, 2.05) is 6.08 Å². The van der Waals surface area contributed by atoms with Gasteiger partial charge in [0, 0.05) is 6.42 Å². The van der Waals surface area contributed by atoms with E-state index >= 15 is 0 Å². The van der Waals surface area contributed by atoms with Crippen molar-refractivity contribution < 1.29 is 4.79 Å². The SMILES string of the molecule is CC(C)C/C=C/C(=O)CC(C)C. The van der Waals surface area contributed by atoms with Crippen molar-refractivity contribution in [3.63, 3.8) is 0 Å². The average Bonchev–Trinajstić information content (AvgIpc) is 1.84. The second-order valence-corrected chi connectivity index (χ2v) is 4.10. The molecular weight excluding hydrogens is 148 g/mol. The van der Waals surface area contributed by atoms with E-state index < -0.39 is 0 Å². The summed E-state index contributed by atoms with van der Waals surface area (Å²) in [6.07, 6.45) is 5.38. The molecule has 0 aromatic heterocycles. The van der Waals surface area contributed by atoms with Gasteiger partial charge in [0.15, 0.2) is 5.78 Å². The van der Waals surface area contributed by atoms with Gasteiger partial charge in [0.25, 0.3) is 0 Å². The van der Waals surface area contributed by atoms with E-state index in [1.54, 1.807) is 6.08 Å². The van der Waals surface area contributed by atoms with Crippen LogP contribution in [-0.4, -0.2) is 5.78 Å². The van der Waals surface area contributed by atoms with Crippen molar-refractivity contribution in [3.8, 4) is 0 Å². The maximum Gasteiger partial charge on any atom is 0.155 e. The molecule has 1 nitrogen and oxygen atoms in total. The summed E-state index contributed by atoms with van der Waals surface area (Å²) in [6, 6.07) is 0. The molecule has 0 atom stereocenters. The zero-order valence-corrected chi connectivity index (χ0v) is 8.63. The molecule has 0 amide bonds. The molecule has 0 saturated carbocycles. The van der Waals surface area contributed by atoms with Crippen molar-refractivity contribution in [1.82, 2.24) is 0 Å². The van der Waals surface area contributed by atoms with E-state index in [4.69, 9.17) is 0 Å². The highest BCUT2D eigenvalue weighted by Gasteiger charge is 1.99. The molecular formula is C11H20O. The van der Waals surface area contributed by atoms with Gasteiger partial charge in [-0.05, 0) is 24.3 Å². The lowest BCUT2D eigenvalue weighted by atomic mass is 10.1. The van der Waals surface area contributed by atoms with Gasteiger partial charge in [-0.3, -0.25) is 4.79 Å². The summed E-state index contributed by atoms with van der Waals surface area (Å²) >= 11 is 0. The zero-order valence-electron chi connectivity index (χ0n) is 8.63. The smallest absolute Gasteiger partial charge is 0.155 e. The van der Waals surface area contributed by atoms with Gasteiger partial charge in [0.05, 0.1) is 0 Å². The number of hydrogen-bond acceptors (Lipinski definition) is 1. The topological polar surface area (TPSA) is 17.1 Å². The first-order valence-electron chi connectivity index (χ1n) is 4.71. The number of allylic oxidation sites excluding steroid dienone is 2. The van der Waals surface area contributed by atoms with E-state index in [2.05, 4.69) is 27.7 Å². The normalized spacial score (nSPS) is 11.8. The number of hydrogen-bond donors (Lipinski definition) is 0. The fraction of sp³-hybridized carbons (Fsp3) is 0.727. The third kappa shape index (κ3) is 7.52. The van der Waals surface area contributed by atoms with Crippen LogP contribution in [-0.2, 0) is 4.79 Å². The molecule has 0 aliphatic carbocycles. The maximum absolute atomic E-state index is 11.1. The highest BCUT2D eigenvalue weighted by Crippen LogP contribution is 2.03. The van der Waals surface area contributed by atoms with Gasteiger partial charge < -0.3 is 0 Å². The van der Waals surface area contributed by atoms with Crippen LogP contribution < -0.4 is 0 Å². The molecule has 0 unspecified atom stereocenters. The predicted molar refractivity (Wildman–Crippen MR) is 53.1 cm³/mol. The van der Waals surface area contributed by atoms with Gasteiger partial charge in [-0.15, -0.1) is 0 Å². The Hall–Kier alpha value is -0.590. The Kier molecular flexibility index (Phi) is 5.69. The van der Waals surface area contributed by atoms with Gasteiger partial charge in [-0.2, -0.15) is 0 Å². The number of ketones is 1. The first-order valence-corrected chi connectivity index (χ1v) is 4.71. The first-order chi connectivity index (χ1) is 5.52. The molecule has 0 aliphatic heterocycles. The molecule has 0 bridgehead atoms. The zero-order chi connectivity index (χ0) is 9.56. The number of carbonyl (C=O) groups is 1. The second-order valence-electron chi connectivity index (χ2n) is 4.10. The Balaban J connectivity index is 3.61. The van der Waals surface area contributed by atoms with Crippen LogP contribution in [0.15, 0.2) is 12.2 Å². The van der Waals surface area contributed by atoms with Crippen molar-refractivity contribution in [2.24, 2.45) is 11.8 Å². The third-order valence-corrected chi connectivity index (χ3v) is 1.52. The average molecular weight is 168 g/mol. The molecule has 0 heterocycles. The van der Waals surface area contributed by atoms with Crippen LogP contribution in [0.4, 0.5) is 0 Å². The van der Waals surface area contributed by atoms with Crippen LogP contribution in [0.1, 0.15) is 40.5 Å². The summed E-state index contributed by atoms with van der Waals surface area (Å²) in [7, 11) is 0. The largest absolute Gasteiger partial charge is 0.295 e. The molecule has 0 rings (SSSR count). The minimum Gasteiger partial charge on any atom is -0.295 e. The van der Waals surface area contributed by atoms with Gasteiger partial charge in [-0.1, -0.05) is 33.8 Å². The molecule has 0 fully saturated rings. The van der Waals surface area contributed by atoms with Crippen LogP contribution in [0.3, 0.4) is 0 Å². The van der Waals surface area contributed by atoms with E-state index in [9.17, 15) is 4.79 Å². The van der Waals surface area contributed by atoms with Crippen molar-refractivity contribution in [3.05, 3.63) is 12.2 Å². The lowest BCUT2D eigenvalue weighted by Gasteiger charge is -1.99. The lowest BCUT2D eigenvalue weighted by Crippen LogP contribution is -1.98. The summed E-state index contributed by atoms with van der Waals surface area (Å²) in [5.41, 5.74) is 0. The quantitative estimate of drug-likeness (QED) is 0.576. The Morgan fingerprint density at radius 2 is 1.75 bits per heavy atom. The van der Waals surface area contributed by atoms with E-state index in [1.165, 1.54) is 0 Å². The summed E-state index contributed by atoms with van der Waals surface area (Å²) in [6.45, 7) is 8.43. The van der Waals surface area contributed by atoms with Gasteiger partial charge in [-0.25, -0.2) is 0 Å². The predicted octanol–water partition coefficient (Wildman–Crippen LogP) is 3.20. The fourth-order valence-electron chi connectivity index (χ4n) is 0.942. The first kappa shape index (κ1) is 11.4. The summed E-state index contributed by atoms with van der Waals surface area (Å²) in [5, 5.41) is 0. The van der Waals surface area contributed by atoms with Gasteiger partial charge >= 0.3 is 0 Å². The summed E-state index contributed by atoms with van der Waals surface area (Å²) in [5.74, 6) is 1.37. The van der Waals surface area contributed by atoms with E-state index in [-0.39, 0.29) is 5.78 Å². The van der Waals surface area contributed by atoms with Crippen molar-refractivity contribution in [1.29, 1.82) is 0 Å². The minimum atomic E-state index is 0.255. The van der Waals surface area contributed by atoms with Crippen molar-refractivity contribution in [2.75, 3.05) is 0 Å². The molecule has 0 aromatic carbocycles. The molecule has 0 aliphatic rings. The van der Waals surface area contributed by atoms with Crippen LogP contribution in [0.25, 0.3) is 0 Å². The lowest BCUT2D eigenvalue weighted by molar-refractivity contribution is -0.115. The molecule has 0 saturated heterocycles. The van der Waals surface area contributed by atoms with E-state index in [0.717, 1.165) is 6.42 Å². The van der Waals surface area contributed by atoms with Crippen molar-refractivity contribution >= 4 is 5.78 Å². The number of rotatable bonds is 5. The molecule has 0 aromatic rings. The van der Waals surface area contributed by atoms with Crippen LogP contribution in [0, 0.1) is 11.8 Å². The maximum atomic E-state index is 11.1. The van der Waals surface area contributed by atoms with Gasteiger partial charge in [0.2, 0.25) is 0 Å². The van der Waals surface area contributed by atoms with E-state index in [0.29, 0.717) is 18.3 Å². The second kappa shape index (κ2) is 5.99. The Morgan fingerprint density at radius 1 is 1.17 bits per heavy atom. The van der Waals surface area contributed by atoms with Gasteiger partial charge in [0.1, 0.15) is 0 Å². The Labute approximate surface area is 75.9 Å². The van der Waals surface area contributed by atoms with Crippen LogP contribution in [0.5, 0.6) is 0 Å². The minimum absolute atomic E-state index is 0.255. The molecule has 0 radical (unpaired) electrons. The molecule has 12 heavy (non-hydrogen) atoms. The standard InChI is InChI=1S/C11H20O/c1-9(2)6-5-7-11(12)8-10(3)4/h5,7,9-10H,6,8H2,1-4H3/b7-5+. The highest BCUT2D eigenvalue weighted by molar-refractivity contribution is 5.89. The monoisotopic (exact) mass is 168 g/mol. The Morgan fingerprint density at radius 3 is 2.17 bits per heavy atom. The molecule has 0 N–H and O–H groups in total. The fourth-order valence-corrected chi connectivity index (χ4v) is 0.942. The summed E-state index contributed by atoms with van der Waals surface area (Å²) < 4.78 is 0. The number of carbonyl (C=O) groups excluding carboxylic acids is 1. The highest BCUT2D eigenvalue weighted by atomic mass is 16.1. The third-order valence-electron chi connectivity index (χ3n) is 1.52. The van der Waals surface area contributed by atoms with Crippen LogP contribution >= 0.6 is 0 Å².